The number of piperidine rings is 1. The van der Waals surface area contributed by atoms with E-state index in [1.165, 1.54) is 22.6 Å². The number of alkyl carbamates (subject to hydrolysis) is 1. The fraction of sp³-hybridized carbons (Fsp3) is 0.458. The first-order chi connectivity index (χ1) is 17.9. The predicted molar refractivity (Wildman–Crippen MR) is 120 cm³/mol. The van der Waals surface area contributed by atoms with Crippen LogP contribution in [0.5, 0.6) is 0 Å². The first-order valence-corrected chi connectivity index (χ1v) is 11.9. The summed E-state index contributed by atoms with van der Waals surface area (Å²) in [4.78, 5) is 49.9. The van der Waals surface area contributed by atoms with Gasteiger partial charge in [0.25, 0.3) is 5.91 Å². The van der Waals surface area contributed by atoms with Crippen molar-refractivity contribution < 1.29 is 41.5 Å². The Hall–Kier alpha value is -3.97. The minimum absolute atomic E-state index is 0.0240. The van der Waals surface area contributed by atoms with Gasteiger partial charge in [0.15, 0.2) is 5.69 Å². The van der Waals surface area contributed by atoms with Gasteiger partial charge in [-0.15, -0.1) is 0 Å². The minimum Gasteiger partial charge on any atom is -0.446 e. The third-order valence-electron chi connectivity index (χ3n) is 7.04. The van der Waals surface area contributed by atoms with Crippen LogP contribution in [0, 0.1) is 12.7 Å². The van der Waals surface area contributed by atoms with Gasteiger partial charge in [0, 0.05) is 43.6 Å². The highest BCUT2D eigenvalue weighted by atomic mass is 19.4. The van der Waals surface area contributed by atoms with E-state index in [-0.39, 0.29) is 55.9 Å². The second-order valence-electron chi connectivity index (χ2n) is 9.59. The molecule has 3 aliphatic rings. The summed E-state index contributed by atoms with van der Waals surface area (Å²) in [6, 6.07) is 2.72. The highest BCUT2D eigenvalue weighted by Gasteiger charge is 2.41. The summed E-state index contributed by atoms with van der Waals surface area (Å²) in [7, 11) is 0. The van der Waals surface area contributed by atoms with Crippen LogP contribution in [0.25, 0.3) is 0 Å². The SMILES string of the molecule is Cc1cc(C(F)(F)F)nn1C1CC(OC(=O)NCc2ccc3c(c2F)C(=O)N([C@@H]2CCC(=O)NC2=O)C3)C1. The Bertz CT molecular complexity index is 1330. The second-order valence-corrected chi connectivity index (χ2v) is 9.59. The Morgan fingerprint density at radius 2 is 1.97 bits per heavy atom. The first-order valence-electron chi connectivity index (χ1n) is 11.9. The van der Waals surface area contributed by atoms with Gasteiger partial charge in [-0.1, -0.05) is 12.1 Å². The molecular weight excluding hydrogens is 514 g/mol. The molecule has 10 nitrogen and oxygen atoms in total. The number of imide groups is 1. The molecule has 2 aromatic rings. The highest BCUT2D eigenvalue weighted by molar-refractivity contribution is 6.05. The zero-order valence-electron chi connectivity index (χ0n) is 20.1. The summed E-state index contributed by atoms with van der Waals surface area (Å²) >= 11 is 0. The lowest BCUT2D eigenvalue weighted by Crippen LogP contribution is -2.52. The molecule has 1 saturated heterocycles. The van der Waals surface area contributed by atoms with Crippen LogP contribution >= 0.6 is 0 Å². The maximum Gasteiger partial charge on any atom is 0.435 e. The molecule has 38 heavy (non-hydrogen) atoms. The van der Waals surface area contributed by atoms with Crippen molar-refractivity contribution in [1.29, 1.82) is 0 Å². The van der Waals surface area contributed by atoms with Crippen molar-refractivity contribution in [2.45, 2.75) is 70.1 Å². The summed E-state index contributed by atoms with van der Waals surface area (Å²) < 4.78 is 60.3. The van der Waals surface area contributed by atoms with Crippen LogP contribution in [0.1, 0.15) is 64.6 Å². The number of rotatable bonds is 5. The van der Waals surface area contributed by atoms with Gasteiger partial charge in [-0.25, -0.2) is 9.18 Å². The van der Waals surface area contributed by atoms with E-state index in [2.05, 4.69) is 15.7 Å². The number of carbonyl (C=O) groups excluding carboxylic acids is 4. The van der Waals surface area contributed by atoms with Gasteiger partial charge in [0.05, 0.1) is 11.6 Å². The topological polar surface area (TPSA) is 123 Å². The molecule has 1 saturated carbocycles. The van der Waals surface area contributed by atoms with Gasteiger partial charge in [-0.3, -0.25) is 24.4 Å². The quantitative estimate of drug-likeness (QED) is 0.447. The zero-order valence-corrected chi connectivity index (χ0v) is 20.1. The molecule has 0 radical (unpaired) electrons. The molecule has 5 rings (SSSR count). The smallest absolute Gasteiger partial charge is 0.435 e. The number of hydrogen-bond donors (Lipinski definition) is 2. The zero-order chi connectivity index (χ0) is 27.4. The molecule has 1 aliphatic carbocycles. The highest BCUT2D eigenvalue weighted by Crippen LogP contribution is 2.37. The number of alkyl halides is 3. The van der Waals surface area contributed by atoms with Crippen LogP contribution in [-0.2, 0) is 33.6 Å². The molecule has 0 bridgehead atoms. The average Bonchev–Trinajstić information content (AvgIpc) is 3.36. The van der Waals surface area contributed by atoms with E-state index in [1.54, 1.807) is 6.07 Å². The monoisotopic (exact) mass is 537 g/mol. The predicted octanol–water partition coefficient (Wildman–Crippen LogP) is 2.74. The second kappa shape index (κ2) is 9.40. The van der Waals surface area contributed by atoms with Gasteiger partial charge >= 0.3 is 12.3 Å². The lowest BCUT2D eigenvalue weighted by Gasteiger charge is -2.35. The Morgan fingerprint density at radius 1 is 1.24 bits per heavy atom. The number of hydrogen-bond acceptors (Lipinski definition) is 6. The fourth-order valence-corrected chi connectivity index (χ4v) is 4.98. The molecule has 14 heteroatoms. The molecule has 202 valence electrons. The Labute approximate surface area is 213 Å². The van der Waals surface area contributed by atoms with E-state index >= 15 is 4.39 Å². The molecule has 2 N–H and O–H groups in total. The van der Waals surface area contributed by atoms with Crippen LogP contribution in [0.4, 0.5) is 22.4 Å². The number of nitrogens with zero attached hydrogens (tertiary/aromatic N) is 3. The van der Waals surface area contributed by atoms with Gasteiger partial charge in [-0.05, 0) is 25.0 Å². The maximum absolute atomic E-state index is 15.2. The van der Waals surface area contributed by atoms with Crippen molar-refractivity contribution in [2.75, 3.05) is 0 Å². The first kappa shape index (κ1) is 25.7. The summed E-state index contributed by atoms with van der Waals surface area (Å²) in [5.74, 6) is -2.51. The van der Waals surface area contributed by atoms with Gasteiger partial charge in [-0.2, -0.15) is 18.3 Å². The molecule has 0 spiro atoms. The van der Waals surface area contributed by atoms with Crippen LogP contribution < -0.4 is 10.6 Å². The molecule has 2 fully saturated rings. The number of ether oxygens (including phenoxy) is 1. The van der Waals surface area contributed by atoms with Crippen LogP contribution in [0.2, 0.25) is 0 Å². The summed E-state index contributed by atoms with van der Waals surface area (Å²) in [5.41, 5.74) is -0.378. The van der Waals surface area contributed by atoms with Crippen molar-refractivity contribution >= 4 is 23.8 Å². The number of halogens is 4. The minimum atomic E-state index is -4.55. The number of aromatic nitrogens is 2. The van der Waals surface area contributed by atoms with Crippen LogP contribution in [0.3, 0.4) is 0 Å². The third kappa shape index (κ3) is 4.70. The number of fused-ring (bicyclic) bond motifs is 1. The Balaban J connectivity index is 1.15. The van der Waals surface area contributed by atoms with E-state index < -0.39 is 53.6 Å². The number of benzene rings is 1. The molecular formula is C24H23F4N5O5. The number of aryl methyl sites for hydroxylation is 1. The van der Waals surface area contributed by atoms with E-state index in [4.69, 9.17) is 4.74 Å². The Morgan fingerprint density at radius 3 is 2.63 bits per heavy atom. The molecule has 3 heterocycles. The van der Waals surface area contributed by atoms with Crippen molar-refractivity contribution in [1.82, 2.24) is 25.3 Å². The molecule has 2 aliphatic heterocycles. The molecule has 4 amide bonds. The maximum atomic E-state index is 15.2. The molecule has 1 aromatic carbocycles. The molecule has 0 unspecified atom stereocenters. The normalized spacial score (nSPS) is 23.1. The number of amides is 4. The third-order valence-corrected chi connectivity index (χ3v) is 7.04. The fourth-order valence-electron chi connectivity index (χ4n) is 4.98. The van der Waals surface area contributed by atoms with E-state index in [0.29, 0.717) is 11.3 Å². The lowest BCUT2D eigenvalue weighted by molar-refractivity contribution is -0.142. The van der Waals surface area contributed by atoms with Gasteiger partial charge in [0.1, 0.15) is 18.0 Å². The number of nitrogens with one attached hydrogen (secondary N) is 2. The largest absolute Gasteiger partial charge is 0.446 e. The van der Waals surface area contributed by atoms with E-state index in [0.717, 1.165) is 6.07 Å². The van der Waals surface area contributed by atoms with E-state index in [1.807, 2.05) is 0 Å². The summed E-state index contributed by atoms with van der Waals surface area (Å²) in [5, 5.41) is 8.21. The van der Waals surface area contributed by atoms with E-state index in [9.17, 15) is 32.3 Å². The average molecular weight is 537 g/mol. The lowest BCUT2D eigenvalue weighted by atomic mass is 9.89. The van der Waals surface area contributed by atoms with Crippen molar-refractivity contribution in [3.05, 3.63) is 52.1 Å². The summed E-state index contributed by atoms with van der Waals surface area (Å²) in [6.45, 7) is 1.27. The standard InChI is InChI=1S/C24H23F4N5O5/c1-11-6-17(24(26,27)28)31-33(11)14-7-15(8-14)38-23(37)29-9-12-2-3-13-10-32(22(36)19(13)20(12)25)16-4-5-18(34)30-21(16)35/h2-3,6,14-16H,4-5,7-10H2,1H3,(H,29,37)(H,30,34,35)/t14?,15?,16-/m1/s1. The molecule has 1 atom stereocenters. The van der Waals surface area contributed by atoms with Crippen molar-refractivity contribution in [3.63, 3.8) is 0 Å². The Kier molecular flexibility index (Phi) is 6.35. The van der Waals surface area contributed by atoms with Crippen molar-refractivity contribution in [3.8, 4) is 0 Å². The van der Waals surface area contributed by atoms with Gasteiger partial charge in [0.2, 0.25) is 11.8 Å². The summed E-state index contributed by atoms with van der Waals surface area (Å²) in [6.07, 6.45) is -5.12. The van der Waals surface area contributed by atoms with Gasteiger partial charge < -0.3 is 15.0 Å². The van der Waals surface area contributed by atoms with Crippen molar-refractivity contribution in [2.24, 2.45) is 0 Å². The number of carbonyl (C=O) groups is 4. The van der Waals surface area contributed by atoms with Crippen LogP contribution in [-0.4, -0.2) is 50.6 Å². The molecule has 1 aromatic heterocycles. The van der Waals surface area contributed by atoms with Crippen LogP contribution in [0.15, 0.2) is 18.2 Å².